The minimum Gasteiger partial charge on any atom is -0.462 e. The van der Waals surface area contributed by atoms with Gasteiger partial charge in [0.1, 0.15) is 17.8 Å². The fourth-order valence-corrected chi connectivity index (χ4v) is 4.57. The van der Waals surface area contributed by atoms with E-state index in [1.807, 2.05) is 11.0 Å². The van der Waals surface area contributed by atoms with Crippen LogP contribution in [0.5, 0.6) is 0 Å². The van der Waals surface area contributed by atoms with Crippen LogP contribution in [0.1, 0.15) is 18.4 Å². The van der Waals surface area contributed by atoms with E-state index in [-0.39, 0.29) is 11.7 Å². The SMILES string of the molecule is NC(=O)N1C=COC(C2=C(Cl)C=CCC2C(=O)N2CCCN(Cc3ccc(F)cc3)CC2)=C1. The second-order valence-corrected chi connectivity index (χ2v) is 8.58. The highest BCUT2D eigenvalue weighted by Crippen LogP contribution is 2.36. The van der Waals surface area contributed by atoms with Gasteiger partial charge in [-0.15, -0.1) is 0 Å². The number of rotatable bonds is 4. The summed E-state index contributed by atoms with van der Waals surface area (Å²) in [5.41, 5.74) is 6.96. The second-order valence-electron chi connectivity index (χ2n) is 8.18. The number of hydrogen-bond donors (Lipinski definition) is 1. The predicted octanol–water partition coefficient (Wildman–Crippen LogP) is 3.65. The van der Waals surface area contributed by atoms with Gasteiger partial charge in [-0.05, 0) is 36.6 Å². The van der Waals surface area contributed by atoms with Crippen molar-refractivity contribution in [2.24, 2.45) is 11.7 Å². The van der Waals surface area contributed by atoms with Crippen LogP contribution in [0.15, 0.2) is 71.4 Å². The molecule has 1 atom stereocenters. The summed E-state index contributed by atoms with van der Waals surface area (Å²) in [7, 11) is 0. The Morgan fingerprint density at radius 3 is 2.70 bits per heavy atom. The first-order valence-corrected chi connectivity index (χ1v) is 11.3. The van der Waals surface area contributed by atoms with Crippen LogP contribution < -0.4 is 5.73 Å². The fourth-order valence-electron chi connectivity index (χ4n) is 4.25. The quantitative estimate of drug-likeness (QED) is 0.725. The van der Waals surface area contributed by atoms with E-state index in [2.05, 4.69) is 4.90 Å². The maximum absolute atomic E-state index is 13.6. The largest absolute Gasteiger partial charge is 0.462 e. The Labute approximate surface area is 197 Å². The molecule has 2 N–H and O–H groups in total. The number of hydrogen-bond acceptors (Lipinski definition) is 4. The Kier molecular flexibility index (Phi) is 7.15. The summed E-state index contributed by atoms with van der Waals surface area (Å²) in [5, 5.41) is 0.401. The highest BCUT2D eigenvalue weighted by atomic mass is 35.5. The van der Waals surface area contributed by atoms with E-state index < -0.39 is 11.9 Å². The fraction of sp³-hybridized carbons (Fsp3) is 0.333. The standard InChI is InChI=1S/C24H26ClFN4O3/c25-20-4-1-3-19(22(20)21-16-30(24(27)32)13-14-33-21)23(31)29-10-2-9-28(11-12-29)15-17-5-7-18(26)8-6-17/h1,4-8,13-14,16,19H,2-3,9-12,15H2,(H2,27,32). The molecule has 9 heteroatoms. The van der Waals surface area contributed by atoms with Crippen molar-refractivity contribution in [1.29, 1.82) is 0 Å². The molecule has 0 saturated carbocycles. The summed E-state index contributed by atoms with van der Waals surface area (Å²) in [6.07, 6.45) is 9.13. The van der Waals surface area contributed by atoms with E-state index in [0.717, 1.165) is 25.1 Å². The Morgan fingerprint density at radius 2 is 1.94 bits per heavy atom. The van der Waals surface area contributed by atoms with Gasteiger partial charge in [0.05, 0.1) is 12.1 Å². The maximum Gasteiger partial charge on any atom is 0.323 e. The van der Waals surface area contributed by atoms with Gasteiger partial charge in [0, 0.05) is 49.5 Å². The van der Waals surface area contributed by atoms with Crippen LogP contribution in [-0.4, -0.2) is 52.8 Å². The molecule has 2 aliphatic heterocycles. The van der Waals surface area contributed by atoms with Gasteiger partial charge in [-0.1, -0.05) is 29.8 Å². The summed E-state index contributed by atoms with van der Waals surface area (Å²) >= 11 is 6.49. The van der Waals surface area contributed by atoms with Crippen molar-refractivity contribution in [3.63, 3.8) is 0 Å². The minimum absolute atomic E-state index is 0.0270. The zero-order chi connectivity index (χ0) is 23.4. The monoisotopic (exact) mass is 472 g/mol. The van der Waals surface area contributed by atoms with Gasteiger partial charge in [-0.25, -0.2) is 9.18 Å². The van der Waals surface area contributed by atoms with Crippen LogP contribution in [0.25, 0.3) is 0 Å². The highest BCUT2D eigenvalue weighted by molar-refractivity contribution is 6.32. The third kappa shape index (κ3) is 5.46. The molecule has 0 radical (unpaired) electrons. The molecule has 7 nitrogen and oxygen atoms in total. The molecule has 1 aromatic carbocycles. The number of carbonyl (C=O) groups excluding carboxylic acids is 2. The zero-order valence-corrected chi connectivity index (χ0v) is 18.9. The Hall–Kier alpha value is -3.10. The van der Waals surface area contributed by atoms with Crippen molar-refractivity contribution in [2.75, 3.05) is 26.2 Å². The molecule has 3 aliphatic rings. The van der Waals surface area contributed by atoms with E-state index in [4.69, 9.17) is 22.1 Å². The number of halogens is 2. The van der Waals surface area contributed by atoms with Gasteiger partial charge in [0.2, 0.25) is 5.91 Å². The number of nitrogens with two attached hydrogens (primary N) is 1. The molecule has 0 aromatic heterocycles. The third-order valence-electron chi connectivity index (χ3n) is 5.95. The topological polar surface area (TPSA) is 79.1 Å². The molecule has 1 unspecified atom stereocenters. The molecule has 174 valence electrons. The van der Waals surface area contributed by atoms with E-state index >= 15 is 0 Å². The van der Waals surface area contributed by atoms with Crippen molar-refractivity contribution in [3.8, 4) is 0 Å². The molecule has 1 fully saturated rings. The smallest absolute Gasteiger partial charge is 0.323 e. The number of allylic oxidation sites excluding steroid dienone is 4. The lowest BCUT2D eigenvalue weighted by Gasteiger charge is -2.30. The van der Waals surface area contributed by atoms with Crippen LogP contribution in [0.2, 0.25) is 0 Å². The number of benzene rings is 1. The van der Waals surface area contributed by atoms with E-state index in [0.29, 0.717) is 42.4 Å². The highest BCUT2D eigenvalue weighted by Gasteiger charge is 2.34. The van der Waals surface area contributed by atoms with Gasteiger partial charge >= 0.3 is 6.03 Å². The summed E-state index contributed by atoms with van der Waals surface area (Å²) in [5.74, 6) is -0.460. The van der Waals surface area contributed by atoms with Crippen molar-refractivity contribution in [2.45, 2.75) is 19.4 Å². The van der Waals surface area contributed by atoms with Gasteiger partial charge < -0.3 is 15.4 Å². The molecule has 1 aromatic rings. The molecule has 33 heavy (non-hydrogen) atoms. The lowest BCUT2D eigenvalue weighted by Crippen LogP contribution is -2.40. The summed E-state index contributed by atoms with van der Waals surface area (Å²) < 4.78 is 18.8. The number of primary amides is 1. The lowest BCUT2D eigenvalue weighted by molar-refractivity contribution is -0.134. The van der Waals surface area contributed by atoms with E-state index in [1.54, 1.807) is 18.2 Å². The maximum atomic E-state index is 13.6. The molecule has 0 spiro atoms. The molecular weight excluding hydrogens is 447 g/mol. The third-order valence-corrected chi connectivity index (χ3v) is 6.28. The summed E-state index contributed by atoms with van der Waals surface area (Å²) in [6, 6.07) is 5.85. The molecule has 1 aliphatic carbocycles. The van der Waals surface area contributed by atoms with Crippen LogP contribution in [-0.2, 0) is 16.1 Å². The Bertz CT molecular complexity index is 1030. The van der Waals surface area contributed by atoms with Crippen molar-refractivity contribution in [3.05, 3.63) is 82.8 Å². The van der Waals surface area contributed by atoms with E-state index in [1.165, 1.54) is 35.7 Å². The molecule has 2 heterocycles. The lowest BCUT2D eigenvalue weighted by atomic mass is 9.88. The average Bonchev–Trinajstić information content (AvgIpc) is 3.05. The van der Waals surface area contributed by atoms with Gasteiger partial charge in [-0.2, -0.15) is 0 Å². The molecule has 3 amide bonds. The van der Waals surface area contributed by atoms with Crippen molar-refractivity contribution in [1.82, 2.24) is 14.7 Å². The number of urea groups is 1. The number of nitrogens with zero attached hydrogens (tertiary/aromatic N) is 3. The Morgan fingerprint density at radius 1 is 1.15 bits per heavy atom. The van der Waals surface area contributed by atoms with Crippen molar-refractivity contribution >= 4 is 23.5 Å². The first-order chi connectivity index (χ1) is 15.9. The van der Waals surface area contributed by atoms with Crippen LogP contribution in [0.4, 0.5) is 9.18 Å². The van der Waals surface area contributed by atoms with Crippen LogP contribution >= 0.6 is 11.6 Å². The average molecular weight is 473 g/mol. The minimum atomic E-state index is -0.660. The van der Waals surface area contributed by atoms with Crippen molar-refractivity contribution < 1.29 is 18.7 Å². The Balaban J connectivity index is 1.46. The molecule has 4 rings (SSSR count). The predicted molar refractivity (Wildman–Crippen MR) is 123 cm³/mol. The normalized spacial score (nSPS) is 21.5. The second kappa shape index (κ2) is 10.2. The van der Waals surface area contributed by atoms with E-state index in [9.17, 15) is 14.0 Å². The summed E-state index contributed by atoms with van der Waals surface area (Å²) in [6.45, 7) is 3.49. The summed E-state index contributed by atoms with van der Waals surface area (Å²) in [4.78, 5) is 30.5. The van der Waals surface area contributed by atoms with Crippen LogP contribution in [0.3, 0.4) is 0 Å². The first kappa shape index (κ1) is 23.1. The molecule has 0 bridgehead atoms. The molecular formula is C24H26ClFN4O3. The zero-order valence-electron chi connectivity index (χ0n) is 18.1. The number of carbonyl (C=O) groups is 2. The van der Waals surface area contributed by atoms with Crippen LogP contribution in [0, 0.1) is 11.7 Å². The van der Waals surface area contributed by atoms with Gasteiger partial charge in [0.25, 0.3) is 0 Å². The van der Waals surface area contributed by atoms with Gasteiger partial charge in [-0.3, -0.25) is 14.6 Å². The molecule has 1 saturated heterocycles. The first-order valence-electron chi connectivity index (χ1n) is 10.9. The van der Waals surface area contributed by atoms with Gasteiger partial charge in [0.15, 0.2) is 0 Å². The number of ether oxygens (including phenoxy) is 1. The number of amides is 3.